The number of nitrogens with zero attached hydrogens (tertiary/aromatic N) is 3. The summed E-state index contributed by atoms with van der Waals surface area (Å²) in [6, 6.07) is 0. The van der Waals surface area contributed by atoms with Crippen molar-refractivity contribution >= 4 is 17.8 Å². The van der Waals surface area contributed by atoms with Gasteiger partial charge in [0.1, 0.15) is 0 Å². The predicted octanol–water partition coefficient (Wildman–Crippen LogP) is -0.00890. The minimum absolute atomic E-state index is 0.0201. The van der Waals surface area contributed by atoms with Crippen LogP contribution in [0, 0.1) is 5.92 Å². The number of carbonyl (C=O) groups is 3. The van der Waals surface area contributed by atoms with Crippen LogP contribution in [0.5, 0.6) is 0 Å². The molecule has 1 atom stereocenters. The Morgan fingerprint density at radius 3 is 2.71 bits per heavy atom. The van der Waals surface area contributed by atoms with Gasteiger partial charge in [0.25, 0.3) is 0 Å². The molecule has 3 rings (SSSR count). The molecule has 0 radical (unpaired) electrons. The first-order valence-corrected chi connectivity index (χ1v) is 8.07. The molecule has 2 aliphatic heterocycles. The monoisotopic (exact) mass is 332 g/mol. The van der Waals surface area contributed by atoms with Gasteiger partial charge < -0.3 is 15.3 Å². The fraction of sp³-hybridized carbons (Fsp3) is 0.562. The van der Waals surface area contributed by atoms with Gasteiger partial charge in [-0.2, -0.15) is 0 Å². The highest BCUT2D eigenvalue weighted by atomic mass is 16.4. The Morgan fingerprint density at radius 2 is 2.08 bits per heavy atom. The maximum atomic E-state index is 12.3. The molecule has 1 aromatic heterocycles. The number of hydrogen-bond donors (Lipinski definition) is 2. The van der Waals surface area contributed by atoms with Gasteiger partial charge in [-0.15, -0.1) is 0 Å². The van der Waals surface area contributed by atoms with E-state index in [1.807, 2.05) is 0 Å². The van der Waals surface area contributed by atoms with E-state index in [1.54, 1.807) is 23.5 Å². The zero-order valence-electron chi connectivity index (χ0n) is 13.3. The molecule has 0 aromatic carbocycles. The van der Waals surface area contributed by atoms with Crippen molar-refractivity contribution in [2.24, 2.45) is 5.92 Å². The van der Waals surface area contributed by atoms with Gasteiger partial charge in [0.15, 0.2) is 0 Å². The fourth-order valence-electron chi connectivity index (χ4n) is 3.60. The topological polar surface area (TPSA) is 112 Å². The molecule has 3 heterocycles. The Kier molecular flexibility index (Phi) is 4.46. The first-order chi connectivity index (χ1) is 11.5. The van der Waals surface area contributed by atoms with Gasteiger partial charge in [-0.25, -0.2) is 0 Å². The lowest BCUT2D eigenvalue weighted by Crippen LogP contribution is -2.56. The van der Waals surface area contributed by atoms with Gasteiger partial charge in [-0.05, 0) is 19.3 Å². The van der Waals surface area contributed by atoms with Crippen molar-refractivity contribution in [2.45, 2.75) is 37.6 Å². The summed E-state index contributed by atoms with van der Waals surface area (Å²) in [6.45, 7) is 0.923. The van der Waals surface area contributed by atoms with Crippen molar-refractivity contribution in [3.8, 4) is 0 Å². The molecule has 2 N–H and O–H groups in total. The number of carboxylic acid groups (broad SMARTS) is 1. The molecule has 2 amide bonds. The first-order valence-electron chi connectivity index (χ1n) is 8.07. The Hall–Kier alpha value is -2.51. The Bertz CT molecular complexity index is 641. The van der Waals surface area contributed by atoms with Crippen LogP contribution in [-0.2, 0) is 20.8 Å². The van der Waals surface area contributed by atoms with E-state index in [1.165, 1.54) is 0 Å². The second kappa shape index (κ2) is 6.54. The normalized spacial score (nSPS) is 22.4. The molecule has 8 heteroatoms. The standard InChI is InChI=1S/C16H20N4O4/c21-13-9-12(15(23)24)16(19-13)3-7-20(8-4-16)14(22)2-1-11-10-17-5-6-18-11/h5-6,10,12H,1-4,7-9H2,(H,19,21)(H,23,24)/t12-/m0/s1. The smallest absolute Gasteiger partial charge is 0.309 e. The summed E-state index contributed by atoms with van der Waals surface area (Å²) >= 11 is 0. The van der Waals surface area contributed by atoms with Crippen LogP contribution in [-0.4, -0.2) is 56.4 Å². The molecule has 2 fully saturated rings. The lowest BCUT2D eigenvalue weighted by molar-refractivity contribution is -0.145. The number of aromatic nitrogens is 2. The number of aryl methyl sites for hydroxylation is 1. The summed E-state index contributed by atoms with van der Waals surface area (Å²) in [5.41, 5.74) is 0.0678. The van der Waals surface area contributed by atoms with E-state index in [0.29, 0.717) is 38.8 Å². The summed E-state index contributed by atoms with van der Waals surface area (Å²) in [6.07, 6.45) is 6.69. The second-order valence-corrected chi connectivity index (χ2v) is 6.38. The molecule has 0 aliphatic carbocycles. The average molecular weight is 332 g/mol. The first kappa shape index (κ1) is 16.4. The molecule has 2 aliphatic rings. The van der Waals surface area contributed by atoms with Gasteiger partial charge in [-0.1, -0.05) is 0 Å². The average Bonchev–Trinajstić information content (AvgIpc) is 2.90. The summed E-state index contributed by atoms with van der Waals surface area (Å²) in [7, 11) is 0. The van der Waals surface area contributed by atoms with Crippen molar-refractivity contribution in [1.29, 1.82) is 0 Å². The number of nitrogens with one attached hydrogen (secondary N) is 1. The maximum absolute atomic E-state index is 12.3. The summed E-state index contributed by atoms with van der Waals surface area (Å²) < 4.78 is 0. The highest BCUT2D eigenvalue weighted by Crippen LogP contribution is 2.37. The van der Waals surface area contributed by atoms with Crippen molar-refractivity contribution in [2.75, 3.05) is 13.1 Å². The van der Waals surface area contributed by atoms with Gasteiger partial charge in [-0.3, -0.25) is 24.4 Å². The number of amides is 2. The van der Waals surface area contributed by atoms with Crippen molar-refractivity contribution in [3.63, 3.8) is 0 Å². The minimum Gasteiger partial charge on any atom is -0.481 e. The SMILES string of the molecule is O=C1C[C@@H](C(=O)O)C2(CCN(C(=O)CCc3cnccn3)CC2)N1. The molecule has 0 unspecified atom stereocenters. The minimum atomic E-state index is -0.948. The van der Waals surface area contributed by atoms with E-state index in [-0.39, 0.29) is 18.2 Å². The van der Waals surface area contributed by atoms with Crippen LogP contribution in [0.3, 0.4) is 0 Å². The summed E-state index contributed by atoms with van der Waals surface area (Å²) in [5, 5.41) is 12.2. The van der Waals surface area contributed by atoms with Crippen LogP contribution in [0.25, 0.3) is 0 Å². The third-order valence-corrected chi connectivity index (χ3v) is 4.96. The van der Waals surface area contributed by atoms with Crippen LogP contribution < -0.4 is 5.32 Å². The molecule has 2 saturated heterocycles. The Labute approximate surface area is 139 Å². The number of rotatable bonds is 4. The van der Waals surface area contributed by atoms with Crippen LogP contribution in [0.4, 0.5) is 0 Å². The predicted molar refractivity (Wildman–Crippen MR) is 82.8 cm³/mol. The van der Waals surface area contributed by atoms with Crippen molar-refractivity contribution < 1.29 is 19.5 Å². The summed E-state index contributed by atoms with van der Waals surface area (Å²) in [5.74, 6) is -1.85. The van der Waals surface area contributed by atoms with E-state index >= 15 is 0 Å². The fourth-order valence-corrected chi connectivity index (χ4v) is 3.60. The third-order valence-electron chi connectivity index (χ3n) is 4.96. The van der Waals surface area contributed by atoms with E-state index in [2.05, 4.69) is 15.3 Å². The van der Waals surface area contributed by atoms with E-state index in [0.717, 1.165) is 5.69 Å². The molecule has 0 saturated carbocycles. The van der Waals surface area contributed by atoms with Gasteiger partial charge in [0, 0.05) is 44.5 Å². The lowest BCUT2D eigenvalue weighted by Gasteiger charge is -2.41. The molecular weight excluding hydrogens is 312 g/mol. The Balaban J connectivity index is 1.55. The molecule has 0 bridgehead atoms. The van der Waals surface area contributed by atoms with Gasteiger partial charge >= 0.3 is 5.97 Å². The van der Waals surface area contributed by atoms with Crippen LogP contribution in [0.1, 0.15) is 31.4 Å². The molecule has 8 nitrogen and oxygen atoms in total. The number of carboxylic acids is 1. The van der Waals surface area contributed by atoms with Crippen LogP contribution in [0.15, 0.2) is 18.6 Å². The quantitative estimate of drug-likeness (QED) is 0.802. The third kappa shape index (κ3) is 3.22. The summed E-state index contributed by atoms with van der Waals surface area (Å²) in [4.78, 5) is 45.2. The largest absolute Gasteiger partial charge is 0.481 e. The van der Waals surface area contributed by atoms with Gasteiger partial charge in [0.2, 0.25) is 11.8 Å². The number of carbonyl (C=O) groups excluding carboxylic acids is 2. The van der Waals surface area contributed by atoms with Crippen LogP contribution >= 0.6 is 0 Å². The highest BCUT2D eigenvalue weighted by molar-refractivity contribution is 5.88. The number of aliphatic carboxylic acids is 1. The molecule has 1 spiro atoms. The molecule has 128 valence electrons. The van der Waals surface area contributed by atoms with E-state index in [9.17, 15) is 19.5 Å². The van der Waals surface area contributed by atoms with E-state index < -0.39 is 17.4 Å². The van der Waals surface area contributed by atoms with Gasteiger partial charge in [0.05, 0.1) is 17.2 Å². The number of likely N-dealkylation sites (tertiary alicyclic amines) is 1. The van der Waals surface area contributed by atoms with E-state index in [4.69, 9.17) is 0 Å². The maximum Gasteiger partial charge on any atom is 0.309 e. The van der Waals surface area contributed by atoms with Crippen molar-refractivity contribution in [3.05, 3.63) is 24.3 Å². The number of hydrogen-bond acceptors (Lipinski definition) is 5. The van der Waals surface area contributed by atoms with Crippen molar-refractivity contribution in [1.82, 2.24) is 20.2 Å². The Morgan fingerprint density at radius 1 is 1.33 bits per heavy atom. The second-order valence-electron chi connectivity index (χ2n) is 6.38. The molecule has 1 aromatic rings. The highest BCUT2D eigenvalue weighted by Gasteiger charge is 2.51. The number of piperidine rings is 1. The lowest BCUT2D eigenvalue weighted by atomic mass is 9.77. The molecular formula is C16H20N4O4. The van der Waals surface area contributed by atoms with Crippen LogP contribution in [0.2, 0.25) is 0 Å². The molecule has 24 heavy (non-hydrogen) atoms. The zero-order chi connectivity index (χ0) is 17.2. The zero-order valence-corrected chi connectivity index (χ0v) is 13.3.